The van der Waals surface area contributed by atoms with Crippen molar-refractivity contribution in [3.8, 4) is 71.0 Å². The SMILES string of the molecule is COc1ccc(C2(C#CC#CC3(c4ccc(OC)c(OC5CCCC5)c4)CCC(=C(C#N)C#N)CC3)CCC(=C(C#N)C#N)CC2)cc1OC1CCCC1. The summed E-state index contributed by atoms with van der Waals surface area (Å²) in [4.78, 5) is 0. The molecule has 0 bridgehead atoms. The van der Waals surface area contributed by atoms with E-state index in [1.165, 1.54) is 0 Å². The van der Waals surface area contributed by atoms with Crippen LogP contribution in [0.1, 0.15) is 114 Å². The van der Waals surface area contributed by atoms with Crippen molar-refractivity contribution < 1.29 is 18.9 Å². The standard InChI is InChI=1S/C46H46N4O4/c1-51-41-15-13-37(27-43(41)53-39-9-3-4-10-39)45(23-17-33(18-24-45)35(29-47)30-48)21-7-8-22-46(25-19-34(20-26-46)36(31-49)32-50)38-14-16-42(52-2)44(28-38)54-40-11-5-6-12-40/h13-16,27-28,39-40H,3-6,9-12,17-20,23-26H2,1-2H3. The average molecular weight is 719 g/mol. The number of allylic oxidation sites excluding steroid dienone is 4. The van der Waals surface area contributed by atoms with Crippen molar-refractivity contribution in [3.05, 3.63) is 69.8 Å². The molecule has 4 saturated carbocycles. The molecule has 54 heavy (non-hydrogen) atoms. The minimum Gasteiger partial charge on any atom is -0.493 e. The smallest absolute Gasteiger partial charge is 0.161 e. The quantitative estimate of drug-likeness (QED) is 0.195. The fourth-order valence-corrected chi connectivity index (χ4v) is 8.60. The molecule has 0 N–H and O–H groups in total. The third kappa shape index (κ3) is 8.21. The Hall–Kier alpha value is -5.80. The van der Waals surface area contributed by atoms with E-state index in [4.69, 9.17) is 18.9 Å². The first-order chi connectivity index (χ1) is 26.4. The summed E-state index contributed by atoms with van der Waals surface area (Å²) in [5.74, 6) is 16.5. The fraction of sp³-hybridized carbons (Fsp3) is 0.478. The maximum absolute atomic E-state index is 9.61. The van der Waals surface area contributed by atoms with Gasteiger partial charge in [0.05, 0.1) is 37.3 Å². The second-order valence-electron chi connectivity index (χ2n) is 14.8. The van der Waals surface area contributed by atoms with Gasteiger partial charge in [0.15, 0.2) is 23.0 Å². The molecule has 4 aliphatic rings. The van der Waals surface area contributed by atoms with Gasteiger partial charge in [0.2, 0.25) is 0 Å². The largest absolute Gasteiger partial charge is 0.493 e. The predicted molar refractivity (Wildman–Crippen MR) is 204 cm³/mol. The normalized spacial score (nSPS) is 22.5. The molecule has 0 aromatic heterocycles. The Morgan fingerprint density at radius 1 is 0.537 bits per heavy atom. The molecular formula is C46H46N4O4. The first kappa shape index (κ1) is 37.9. The first-order valence-electron chi connectivity index (χ1n) is 19.2. The molecule has 0 spiro atoms. The van der Waals surface area contributed by atoms with Crippen molar-refractivity contribution in [1.29, 1.82) is 21.0 Å². The van der Waals surface area contributed by atoms with E-state index in [0.717, 1.165) is 73.6 Å². The molecule has 8 nitrogen and oxygen atoms in total. The summed E-state index contributed by atoms with van der Waals surface area (Å²) in [6, 6.07) is 20.4. The number of methoxy groups -OCH3 is 2. The molecule has 0 saturated heterocycles. The van der Waals surface area contributed by atoms with E-state index in [1.807, 2.05) is 24.3 Å². The Morgan fingerprint density at radius 3 is 1.20 bits per heavy atom. The van der Waals surface area contributed by atoms with Gasteiger partial charge in [-0.25, -0.2) is 0 Å². The summed E-state index contributed by atoms with van der Waals surface area (Å²) in [5.41, 5.74) is 2.97. The summed E-state index contributed by atoms with van der Waals surface area (Å²) in [5, 5.41) is 38.4. The lowest BCUT2D eigenvalue weighted by molar-refractivity contribution is 0.200. The van der Waals surface area contributed by atoms with Crippen molar-refractivity contribution in [2.24, 2.45) is 0 Å². The van der Waals surface area contributed by atoms with Crippen LogP contribution in [0.5, 0.6) is 23.0 Å². The van der Waals surface area contributed by atoms with Crippen LogP contribution in [0.3, 0.4) is 0 Å². The second kappa shape index (κ2) is 17.4. The van der Waals surface area contributed by atoms with E-state index >= 15 is 0 Å². The van der Waals surface area contributed by atoms with E-state index in [-0.39, 0.29) is 23.4 Å². The Bertz CT molecular complexity index is 1900. The van der Waals surface area contributed by atoms with E-state index in [0.29, 0.717) is 74.4 Å². The van der Waals surface area contributed by atoms with Crippen molar-refractivity contribution in [3.63, 3.8) is 0 Å². The molecule has 2 aromatic rings. The third-order valence-corrected chi connectivity index (χ3v) is 11.9. The average Bonchev–Trinajstić information content (AvgIpc) is 3.94. The van der Waals surface area contributed by atoms with Crippen molar-refractivity contribution >= 4 is 0 Å². The number of hydrogen-bond donors (Lipinski definition) is 0. The highest BCUT2D eigenvalue weighted by Crippen LogP contribution is 2.46. The minimum absolute atomic E-state index is 0.151. The van der Waals surface area contributed by atoms with E-state index < -0.39 is 10.8 Å². The number of nitriles is 4. The zero-order chi connectivity index (χ0) is 38.0. The van der Waals surface area contributed by atoms with Crippen LogP contribution in [0.4, 0.5) is 0 Å². The van der Waals surface area contributed by atoms with Crippen LogP contribution in [-0.4, -0.2) is 26.4 Å². The van der Waals surface area contributed by atoms with E-state index in [1.54, 1.807) is 14.2 Å². The molecule has 8 heteroatoms. The molecule has 0 unspecified atom stereocenters. The van der Waals surface area contributed by atoms with E-state index in [2.05, 4.69) is 60.1 Å². The number of benzene rings is 2. The predicted octanol–water partition coefficient (Wildman–Crippen LogP) is 9.36. The van der Waals surface area contributed by atoms with Crippen molar-refractivity contribution in [2.75, 3.05) is 14.2 Å². The highest BCUT2D eigenvalue weighted by molar-refractivity contribution is 5.53. The maximum Gasteiger partial charge on any atom is 0.161 e. The maximum atomic E-state index is 9.61. The van der Waals surface area contributed by atoms with Crippen molar-refractivity contribution in [1.82, 2.24) is 0 Å². The lowest BCUT2D eigenvalue weighted by Crippen LogP contribution is -2.29. The molecule has 274 valence electrons. The van der Waals surface area contributed by atoms with Gasteiger partial charge in [-0.2, -0.15) is 21.0 Å². The van der Waals surface area contributed by atoms with Gasteiger partial charge in [-0.15, -0.1) is 0 Å². The topological polar surface area (TPSA) is 132 Å². The van der Waals surface area contributed by atoms with Crippen molar-refractivity contribution in [2.45, 2.75) is 126 Å². The van der Waals surface area contributed by atoms with Gasteiger partial charge in [0.1, 0.15) is 35.4 Å². The van der Waals surface area contributed by atoms with Crippen LogP contribution < -0.4 is 18.9 Å². The Kier molecular flexibility index (Phi) is 12.2. The molecule has 4 fully saturated rings. The molecule has 0 atom stereocenters. The zero-order valence-electron chi connectivity index (χ0n) is 31.4. The Balaban J connectivity index is 1.39. The summed E-state index contributed by atoms with van der Waals surface area (Å²) in [6.45, 7) is 0. The highest BCUT2D eigenvalue weighted by Gasteiger charge is 2.37. The Labute approximate surface area is 320 Å². The van der Waals surface area contributed by atoms with Gasteiger partial charge in [-0.1, -0.05) is 24.0 Å². The van der Waals surface area contributed by atoms with Gasteiger partial charge < -0.3 is 18.9 Å². The summed E-state index contributed by atoms with van der Waals surface area (Å²) >= 11 is 0. The van der Waals surface area contributed by atoms with Gasteiger partial charge in [0.25, 0.3) is 0 Å². The Morgan fingerprint density at radius 2 is 0.889 bits per heavy atom. The highest BCUT2D eigenvalue weighted by atomic mass is 16.5. The van der Waals surface area contributed by atoms with Gasteiger partial charge >= 0.3 is 0 Å². The fourth-order valence-electron chi connectivity index (χ4n) is 8.60. The van der Waals surface area contributed by atoms with Crippen LogP contribution in [0.15, 0.2) is 58.7 Å². The summed E-state index contributed by atoms with van der Waals surface area (Å²) < 4.78 is 24.4. The lowest BCUT2D eigenvalue weighted by Gasteiger charge is -2.35. The van der Waals surface area contributed by atoms with E-state index in [9.17, 15) is 21.0 Å². The number of rotatable bonds is 8. The molecule has 0 amide bonds. The van der Waals surface area contributed by atoms with Gasteiger partial charge in [-0.05, 0) is 161 Å². The molecule has 0 heterocycles. The molecular weight excluding hydrogens is 673 g/mol. The van der Waals surface area contributed by atoms with Crippen LogP contribution in [0, 0.1) is 69.0 Å². The first-order valence-corrected chi connectivity index (χ1v) is 19.2. The minimum atomic E-state index is -0.583. The van der Waals surface area contributed by atoms with Crippen LogP contribution in [0.2, 0.25) is 0 Å². The number of nitrogens with zero attached hydrogens (tertiary/aromatic N) is 4. The molecule has 0 radical (unpaired) electrons. The molecule has 0 aliphatic heterocycles. The molecule has 2 aromatic carbocycles. The number of ether oxygens (including phenoxy) is 4. The second-order valence-corrected chi connectivity index (χ2v) is 14.8. The number of hydrogen-bond acceptors (Lipinski definition) is 8. The van der Waals surface area contributed by atoms with Crippen LogP contribution in [-0.2, 0) is 10.8 Å². The zero-order valence-corrected chi connectivity index (χ0v) is 31.4. The van der Waals surface area contributed by atoms with Crippen LogP contribution >= 0.6 is 0 Å². The van der Waals surface area contributed by atoms with Crippen LogP contribution in [0.25, 0.3) is 0 Å². The molecule has 6 rings (SSSR count). The van der Waals surface area contributed by atoms with Gasteiger partial charge in [-0.3, -0.25) is 0 Å². The molecule has 4 aliphatic carbocycles. The van der Waals surface area contributed by atoms with Gasteiger partial charge in [0, 0.05) is 0 Å². The lowest BCUT2D eigenvalue weighted by atomic mass is 9.67. The summed E-state index contributed by atoms with van der Waals surface area (Å²) in [6.07, 6.45) is 13.8. The third-order valence-electron chi connectivity index (χ3n) is 11.9. The summed E-state index contributed by atoms with van der Waals surface area (Å²) in [7, 11) is 3.30. The monoisotopic (exact) mass is 718 g/mol.